The fourth-order valence-corrected chi connectivity index (χ4v) is 7.12. The second-order valence-electron chi connectivity index (χ2n) is 7.98. The van der Waals surface area contributed by atoms with Crippen molar-refractivity contribution in [2.75, 3.05) is 45.9 Å². The standard InChI is InChI=1S/C25H35NO3S2/c1-19(21-9-6-7-10-22(21)27-3)18-26(25(2)30-15-8-16-31-25)14-13-20-11-12-23(28-4)24(17-20)29-5/h6-7,9-12,17,19H,8,13-16,18H2,1-5H3. The van der Waals surface area contributed by atoms with Gasteiger partial charge in [0.05, 0.1) is 21.3 Å². The van der Waals surface area contributed by atoms with Gasteiger partial charge in [0.1, 0.15) is 9.95 Å². The van der Waals surface area contributed by atoms with Gasteiger partial charge >= 0.3 is 0 Å². The van der Waals surface area contributed by atoms with Crippen LogP contribution in [0.3, 0.4) is 0 Å². The van der Waals surface area contributed by atoms with E-state index in [9.17, 15) is 0 Å². The first kappa shape index (κ1) is 24.1. The second kappa shape index (κ2) is 11.4. The summed E-state index contributed by atoms with van der Waals surface area (Å²) in [7, 11) is 5.13. The molecule has 0 N–H and O–H groups in total. The topological polar surface area (TPSA) is 30.9 Å². The minimum absolute atomic E-state index is 0.0884. The summed E-state index contributed by atoms with van der Waals surface area (Å²) in [6, 6.07) is 14.6. The van der Waals surface area contributed by atoms with Crippen molar-refractivity contribution >= 4 is 23.5 Å². The Hall–Kier alpha value is -1.50. The zero-order chi connectivity index (χ0) is 22.3. The quantitative estimate of drug-likeness (QED) is 0.437. The van der Waals surface area contributed by atoms with E-state index in [1.165, 1.54) is 29.1 Å². The number of hydrogen-bond acceptors (Lipinski definition) is 6. The van der Waals surface area contributed by atoms with Crippen molar-refractivity contribution in [1.29, 1.82) is 0 Å². The molecule has 170 valence electrons. The van der Waals surface area contributed by atoms with Crippen molar-refractivity contribution in [3.05, 3.63) is 53.6 Å². The zero-order valence-electron chi connectivity index (χ0n) is 19.3. The molecule has 1 aliphatic rings. The Bertz CT molecular complexity index is 839. The Balaban J connectivity index is 1.78. The van der Waals surface area contributed by atoms with Crippen molar-refractivity contribution in [2.45, 2.75) is 36.8 Å². The van der Waals surface area contributed by atoms with Crippen molar-refractivity contribution in [3.63, 3.8) is 0 Å². The molecule has 0 saturated carbocycles. The lowest BCUT2D eigenvalue weighted by atomic mass is 9.99. The van der Waals surface area contributed by atoms with Crippen molar-refractivity contribution in [1.82, 2.24) is 4.90 Å². The zero-order valence-corrected chi connectivity index (χ0v) is 21.0. The first-order valence-corrected chi connectivity index (χ1v) is 12.8. The highest BCUT2D eigenvalue weighted by atomic mass is 32.2. The van der Waals surface area contributed by atoms with Gasteiger partial charge in [-0.2, -0.15) is 0 Å². The molecular formula is C25H35NO3S2. The number of benzene rings is 2. The highest BCUT2D eigenvalue weighted by Crippen LogP contribution is 2.45. The molecule has 2 aromatic rings. The van der Waals surface area contributed by atoms with Crippen LogP contribution in [0.1, 0.15) is 37.3 Å². The predicted molar refractivity (Wildman–Crippen MR) is 134 cm³/mol. The average Bonchev–Trinajstić information content (AvgIpc) is 2.81. The number of hydrogen-bond donors (Lipinski definition) is 0. The fraction of sp³-hybridized carbons (Fsp3) is 0.520. The van der Waals surface area contributed by atoms with Crippen molar-refractivity contribution in [3.8, 4) is 17.2 Å². The molecular weight excluding hydrogens is 426 g/mol. The molecule has 0 amide bonds. The summed E-state index contributed by atoms with van der Waals surface area (Å²) in [5, 5.41) is 0. The van der Waals surface area contributed by atoms with Crippen LogP contribution in [-0.2, 0) is 6.42 Å². The van der Waals surface area contributed by atoms with E-state index < -0.39 is 0 Å². The normalized spacial score (nSPS) is 16.7. The third-order valence-electron chi connectivity index (χ3n) is 5.89. The van der Waals surface area contributed by atoms with Crippen LogP contribution in [0.5, 0.6) is 17.2 Å². The second-order valence-corrected chi connectivity index (χ2v) is 11.2. The van der Waals surface area contributed by atoms with Gasteiger partial charge in [-0.1, -0.05) is 31.2 Å². The van der Waals surface area contributed by atoms with Crippen LogP contribution in [0, 0.1) is 0 Å². The molecule has 0 radical (unpaired) electrons. The van der Waals surface area contributed by atoms with Gasteiger partial charge in [-0.05, 0) is 66.5 Å². The van der Waals surface area contributed by atoms with Crippen LogP contribution in [0.15, 0.2) is 42.5 Å². The van der Waals surface area contributed by atoms with Gasteiger partial charge in [0.2, 0.25) is 0 Å². The summed E-state index contributed by atoms with van der Waals surface area (Å²) in [5.74, 6) is 5.36. The van der Waals surface area contributed by atoms with Crippen molar-refractivity contribution in [2.24, 2.45) is 0 Å². The fourth-order valence-electron chi connectivity index (χ4n) is 4.07. The molecule has 1 unspecified atom stereocenters. The molecule has 0 bridgehead atoms. The molecule has 1 fully saturated rings. The molecule has 0 aliphatic carbocycles. The number of nitrogens with zero attached hydrogens (tertiary/aromatic N) is 1. The lowest BCUT2D eigenvalue weighted by Gasteiger charge is -2.44. The molecule has 3 rings (SSSR count). The Morgan fingerprint density at radius 2 is 1.61 bits per heavy atom. The van der Waals surface area contributed by atoms with E-state index in [4.69, 9.17) is 14.2 Å². The van der Waals surface area contributed by atoms with E-state index in [-0.39, 0.29) is 4.20 Å². The minimum atomic E-state index is 0.0884. The van der Waals surface area contributed by atoms with E-state index in [1.54, 1.807) is 21.3 Å². The Morgan fingerprint density at radius 1 is 0.935 bits per heavy atom. The summed E-state index contributed by atoms with van der Waals surface area (Å²) in [6.07, 6.45) is 2.26. The molecule has 1 heterocycles. The van der Waals surface area contributed by atoms with Crippen LogP contribution in [0.2, 0.25) is 0 Å². The van der Waals surface area contributed by atoms with Crippen molar-refractivity contribution < 1.29 is 14.2 Å². The summed E-state index contributed by atoms with van der Waals surface area (Å²) >= 11 is 4.17. The summed E-state index contributed by atoms with van der Waals surface area (Å²) < 4.78 is 16.6. The molecule has 31 heavy (non-hydrogen) atoms. The van der Waals surface area contributed by atoms with Gasteiger partial charge in [-0.3, -0.25) is 4.90 Å². The maximum atomic E-state index is 5.64. The lowest BCUT2D eigenvalue weighted by Crippen LogP contribution is -2.46. The Kier molecular flexibility index (Phi) is 8.87. The third kappa shape index (κ3) is 6.05. The third-order valence-corrected chi connectivity index (χ3v) is 9.17. The Labute approximate surface area is 196 Å². The van der Waals surface area contributed by atoms with E-state index in [2.05, 4.69) is 72.6 Å². The van der Waals surface area contributed by atoms with E-state index in [0.717, 1.165) is 36.8 Å². The first-order chi connectivity index (χ1) is 15.0. The van der Waals surface area contributed by atoms with Gasteiger partial charge in [-0.15, -0.1) is 23.5 Å². The maximum Gasteiger partial charge on any atom is 0.160 e. The molecule has 1 aliphatic heterocycles. The Morgan fingerprint density at radius 3 is 2.29 bits per heavy atom. The van der Waals surface area contributed by atoms with Crippen LogP contribution in [-0.4, -0.2) is 55.0 Å². The number of methoxy groups -OCH3 is 3. The molecule has 0 aromatic heterocycles. The van der Waals surface area contributed by atoms with Crippen LogP contribution in [0.25, 0.3) is 0 Å². The van der Waals surface area contributed by atoms with Crippen LogP contribution < -0.4 is 14.2 Å². The average molecular weight is 462 g/mol. The molecule has 2 aromatic carbocycles. The summed E-state index contributed by atoms with van der Waals surface area (Å²) in [6.45, 7) is 6.68. The van der Waals surface area contributed by atoms with Gasteiger partial charge < -0.3 is 14.2 Å². The van der Waals surface area contributed by atoms with E-state index in [1.807, 2.05) is 12.1 Å². The number of rotatable bonds is 10. The maximum absolute atomic E-state index is 5.64. The van der Waals surface area contributed by atoms with Gasteiger partial charge in [-0.25, -0.2) is 0 Å². The summed E-state index contributed by atoms with van der Waals surface area (Å²) in [5.41, 5.74) is 2.54. The molecule has 1 atom stereocenters. The number of thioether (sulfide) groups is 2. The van der Waals surface area contributed by atoms with Gasteiger partial charge in [0.25, 0.3) is 0 Å². The highest BCUT2D eigenvalue weighted by Gasteiger charge is 2.36. The smallest absolute Gasteiger partial charge is 0.160 e. The van der Waals surface area contributed by atoms with E-state index >= 15 is 0 Å². The molecule has 6 heteroatoms. The summed E-state index contributed by atoms with van der Waals surface area (Å²) in [4.78, 5) is 2.66. The predicted octanol–water partition coefficient (Wildman–Crippen LogP) is 5.90. The molecule has 1 saturated heterocycles. The van der Waals surface area contributed by atoms with Gasteiger partial charge in [0.15, 0.2) is 11.5 Å². The van der Waals surface area contributed by atoms with Crippen LogP contribution in [0.4, 0.5) is 0 Å². The number of ether oxygens (including phenoxy) is 3. The largest absolute Gasteiger partial charge is 0.496 e. The van der Waals surface area contributed by atoms with E-state index in [0.29, 0.717) is 5.92 Å². The first-order valence-electron chi connectivity index (χ1n) is 10.9. The monoisotopic (exact) mass is 461 g/mol. The molecule has 4 nitrogen and oxygen atoms in total. The van der Waals surface area contributed by atoms with Gasteiger partial charge in [0, 0.05) is 13.1 Å². The molecule has 0 spiro atoms. The minimum Gasteiger partial charge on any atom is -0.496 e. The highest BCUT2D eigenvalue weighted by molar-refractivity contribution is 8.18. The van der Waals surface area contributed by atoms with Crippen LogP contribution >= 0.6 is 23.5 Å². The lowest BCUT2D eigenvalue weighted by molar-refractivity contribution is 0.234. The number of para-hydroxylation sites is 1. The SMILES string of the molecule is COc1ccc(CCN(CC(C)c2ccccc2OC)C2(C)SCCCS2)cc1OC.